The standard InChI is InChI=1S/C72H90/c1-9-13-17-21-22-26-30-66-70(60-41-33-54(6)34-42-60)50-64(52-72(66)62-45-37-58(38-46-62)28-24-19-15-11-3)68-48-55(7)47-67(56(68)8)63-49-69(59-39-31-53(5)32-40-59)65(29-25-20-16-12-4)71(51-63)61-43-35-57(36-44-61)27-23-18-14-10-2/h31-52H,9-30H2,1-8H3. The topological polar surface area (TPSA) is 0 Å². The Morgan fingerprint density at radius 1 is 0.236 bits per heavy atom. The van der Waals surface area contributed by atoms with Gasteiger partial charge in [0.15, 0.2) is 0 Å². The Morgan fingerprint density at radius 2 is 0.514 bits per heavy atom. The quantitative estimate of drug-likeness (QED) is 0.0429. The molecule has 0 aliphatic rings. The van der Waals surface area contributed by atoms with Gasteiger partial charge in [-0.25, -0.2) is 0 Å². The normalized spacial score (nSPS) is 11.4. The fourth-order valence-corrected chi connectivity index (χ4v) is 11.2. The first-order chi connectivity index (χ1) is 35.2. The van der Waals surface area contributed by atoms with E-state index in [4.69, 9.17) is 0 Å². The maximum absolute atomic E-state index is 2.57. The van der Waals surface area contributed by atoms with Crippen LogP contribution >= 0.6 is 0 Å². The third kappa shape index (κ3) is 14.8. The number of rotatable bonds is 28. The zero-order valence-electron chi connectivity index (χ0n) is 46.3. The summed E-state index contributed by atoms with van der Waals surface area (Å²) in [6.45, 7) is 18.4. The minimum absolute atomic E-state index is 1.07. The van der Waals surface area contributed by atoms with Crippen molar-refractivity contribution in [3.63, 3.8) is 0 Å². The molecule has 0 radical (unpaired) electrons. The number of benzene rings is 7. The van der Waals surface area contributed by atoms with Gasteiger partial charge in [0.25, 0.3) is 0 Å². The molecule has 0 atom stereocenters. The Kier molecular flexibility index (Phi) is 21.2. The average molecular weight is 956 g/mol. The second kappa shape index (κ2) is 28.1. The summed E-state index contributed by atoms with van der Waals surface area (Å²) >= 11 is 0. The van der Waals surface area contributed by atoms with Crippen LogP contribution in [0, 0.1) is 27.7 Å². The van der Waals surface area contributed by atoms with Crippen molar-refractivity contribution < 1.29 is 0 Å². The van der Waals surface area contributed by atoms with Crippen molar-refractivity contribution in [2.75, 3.05) is 0 Å². The van der Waals surface area contributed by atoms with Crippen molar-refractivity contribution >= 4 is 0 Å². The molecule has 0 heteroatoms. The average Bonchev–Trinajstić information content (AvgIpc) is 3.40. The minimum atomic E-state index is 1.07. The van der Waals surface area contributed by atoms with Crippen LogP contribution in [0.1, 0.15) is 188 Å². The summed E-state index contributed by atoms with van der Waals surface area (Å²) in [6, 6.07) is 53.2. The number of aryl methyl sites for hydroxylation is 5. The Balaban J connectivity index is 1.41. The van der Waals surface area contributed by atoms with E-state index in [1.165, 1.54) is 227 Å². The minimum Gasteiger partial charge on any atom is -0.0654 e. The van der Waals surface area contributed by atoms with Crippen LogP contribution in [0.25, 0.3) is 66.8 Å². The van der Waals surface area contributed by atoms with Crippen molar-refractivity contribution in [2.45, 2.75) is 197 Å². The highest BCUT2D eigenvalue weighted by Crippen LogP contribution is 2.44. The van der Waals surface area contributed by atoms with E-state index in [-0.39, 0.29) is 0 Å². The lowest BCUT2D eigenvalue weighted by Crippen LogP contribution is -2.00. The number of unbranched alkanes of at least 4 members (excludes halogenated alkanes) is 14. The fourth-order valence-electron chi connectivity index (χ4n) is 11.2. The molecule has 0 unspecified atom stereocenters. The maximum Gasteiger partial charge on any atom is -0.0140 e. The van der Waals surface area contributed by atoms with Crippen LogP contribution in [0.2, 0.25) is 0 Å². The molecule has 0 aliphatic carbocycles. The van der Waals surface area contributed by atoms with Gasteiger partial charge in [0.2, 0.25) is 0 Å². The third-order valence-corrected chi connectivity index (χ3v) is 15.6. The van der Waals surface area contributed by atoms with Gasteiger partial charge in [-0.2, -0.15) is 0 Å². The summed E-state index contributed by atoms with van der Waals surface area (Å²) in [4.78, 5) is 0. The molecule has 7 aromatic carbocycles. The highest BCUT2D eigenvalue weighted by atomic mass is 14.2. The van der Waals surface area contributed by atoms with E-state index >= 15 is 0 Å². The summed E-state index contributed by atoms with van der Waals surface area (Å²) in [5.74, 6) is 0. The first kappa shape index (κ1) is 54.3. The zero-order chi connectivity index (χ0) is 50.7. The van der Waals surface area contributed by atoms with Gasteiger partial charge < -0.3 is 0 Å². The van der Waals surface area contributed by atoms with E-state index in [2.05, 4.69) is 189 Å². The van der Waals surface area contributed by atoms with Crippen LogP contribution in [-0.2, 0) is 25.7 Å². The molecular weight excluding hydrogens is 865 g/mol. The molecule has 0 saturated heterocycles. The smallest absolute Gasteiger partial charge is 0.0140 e. The molecule has 0 nitrogen and oxygen atoms in total. The van der Waals surface area contributed by atoms with Crippen LogP contribution in [-0.4, -0.2) is 0 Å². The van der Waals surface area contributed by atoms with Crippen molar-refractivity contribution in [3.8, 4) is 66.8 Å². The molecule has 72 heavy (non-hydrogen) atoms. The van der Waals surface area contributed by atoms with Crippen molar-refractivity contribution in [1.29, 1.82) is 0 Å². The first-order valence-corrected chi connectivity index (χ1v) is 29.0. The van der Waals surface area contributed by atoms with Crippen molar-refractivity contribution in [1.82, 2.24) is 0 Å². The lowest BCUT2D eigenvalue weighted by molar-refractivity contribution is 0.608. The molecule has 0 amide bonds. The molecule has 0 aliphatic heterocycles. The van der Waals surface area contributed by atoms with Gasteiger partial charge in [0.1, 0.15) is 0 Å². The highest BCUT2D eigenvalue weighted by Gasteiger charge is 2.21. The van der Waals surface area contributed by atoms with E-state index < -0.39 is 0 Å². The SMILES string of the molecule is CCCCCCCCc1c(-c2ccc(C)cc2)cc(-c2cc(C)cc(-c3cc(-c4ccc(C)cc4)c(CCCCCC)c(-c4ccc(CCCCCC)cc4)c3)c2C)cc1-c1ccc(CCCCCC)cc1. The van der Waals surface area contributed by atoms with Crippen LogP contribution in [0.15, 0.2) is 133 Å². The van der Waals surface area contributed by atoms with Crippen LogP contribution in [0.4, 0.5) is 0 Å². The van der Waals surface area contributed by atoms with E-state index in [0.29, 0.717) is 0 Å². The van der Waals surface area contributed by atoms with Crippen LogP contribution in [0.5, 0.6) is 0 Å². The fraction of sp³-hybridized carbons (Fsp3) is 0.417. The van der Waals surface area contributed by atoms with Gasteiger partial charge in [0, 0.05) is 0 Å². The second-order valence-electron chi connectivity index (χ2n) is 21.7. The number of hydrogen-bond acceptors (Lipinski definition) is 0. The predicted molar refractivity (Wildman–Crippen MR) is 319 cm³/mol. The van der Waals surface area contributed by atoms with Crippen LogP contribution < -0.4 is 0 Å². The van der Waals surface area contributed by atoms with Gasteiger partial charge in [-0.05, 0) is 203 Å². The predicted octanol–water partition coefficient (Wildman–Crippen LogP) is 22.2. The molecule has 0 aromatic heterocycles. The molecule has 0 heterocycles. The molecule has 7 aromatic rings. The van der Waals surface area contributed by atoms with E-state index in [1.807, 2.05) is 0 Å². The summed E-state index contributed by atoms with van der Waals surface area (Å²) < 4.78 is 0. The van der Waals surface area contributed by atoms with E-state index in [1.54, 1.807) is 0 Å². The molecule has 0 spiro atoms. The Morgan fingerprint density at radius 3 is 0.847 bits per heavy atom. The van der Waals surface area contributed by atoms with Gasteiger partial charge in [-0.15, -0.1) is 0 Å². The van der Waals surface area contributed by atoms with Gasteiger partial charge in [-0.3, -0.25) is 0 Å². The van der Waals surface area contributed by atoms with Crippen molar-refractivity contribution in [2.24, 2.45) is 0 Å². The molecule has 7 rings (SSSR count). The van der Waals surface area contributed by atoms with Gasteiger partial charge >= 0.3 is 0 Å². The summed E-state index contributed by atoms with van der Waals surface area (Å²) in [7, 11) is 0. The Hall–Kier alpha value is -5.46. The monoisotopic (exact) mass is 955 g/mol. The summed E-state index contributed by atoms with van der Waals surface area (Å²) in [5.41, 5.74) is 27.2. The lowest BCUT2D eigenvalue weighted by Gasteiger charge is -2.22. The zero-order valence-corrected chi connectivity index (χ0v) is 46.3. The lowest BCUT2D eigenvalue weighted by atomic mass is 9.82. The second-order valence-corrected chi connectivity index (χ2v) is 21.7. The molecule has 378 valence electrons. The van der Waals surface area contributed by atoms with Crippen LogP contribution in [0.3, 0.4) is 0 Å². The largest absolute Gasteiger partial charge is 0.0654 e. The Labute approximate surface area is 439 Å². The van der Waals surface area contributed by atoms with E-state index in [9.17, 15) is 0 Å². The molecule has 0 fully saturated rings. The summed E-state index contributed by atoms with van der Waals surface area (Å²) in [6.07, 6.45) is 27.5. The maximum atomic E-state index is 2.57. The molecule has 0 bridgehead atoms. The molecular formula is C72H90. The number of hydrogen-bond donors (Lipinski definition) is 0. The summed E-state index contributed by atoms with van der Waals surface area (Å²) in [5, 5.41) is 0. The highest BCUT2D eigenvalue weighted by molar-refractivity contribution is 5.91. The van der Waals surface area contributed by atoms with Crippen molar-refractivity contribution in [3.05, 3.63) is 178 Å². The Bertz CT molecular complexity index is 2720. The van der Waals surface area contributed by atoms with Gasteiger partial charge in [-0.1, -0.05) is 238 Å². The first-order valence-electron chi connectivity index (χ1n) is 29.0. The van der Waals surface area contributed by atoms with Gasteiger partial charge in [0.05, 0.1) is 0 Å². The third-order valence-electron chi connectivity index (χ3n) is 15.6. The molecule has 0 N–H and O–H groups in total. The molecule has 0 saturated carbocycles. The van der Waals surface area contributed by atoms with E-state index in [0.717, 1.165) is 25.7 Å².